The van der Waals surface area contributed by atoms with Crippen molar-refractivity contribution in [1.29, 1.82) is 0 Å². The van der Waals surface area contributed by atoms with Crippen LogP contribution < -0.4 is 4.74 Å². The van der Waals surface area contributed by atoms with Crippen molar-refractivity contribution >= 4 is 5.97 Å². The predicted octanol–water partition coefficient (Wildman–Crippen LogP) is 2.10. The van der Waals surface area contributed by atoms with E-state index >= 15 is 0 Å². The highest BCUT2D eigenvalue weighted by molar-refractivity contribution is 5.95. The van der Waals surface area contributed by atoms with Crippen molar-refractivity contribution < 1.29 is 24.3 Å². The maximum atomic E-state index is 11.3. The molecule has 0 aliphatic rings. The summed E-state index contributed by atoms with van der Waals surface area (Å²) in [6.07, 6.45) is -1.04. The molecule has 1 unspecified atom stereocenters. The molecule has 2 rings (SSSR count). The molecule has 1 atom stereocenters. The second-order valence-corrected chi connectivity index (χ2v) is 3.98. The summed E-state index contributed by atoms with van der Waals surface area (Å²) in [5.74, 6) is -0.596. The maximum absolute atomic E-state index is 11.3. The number of benzene rings is 1. The van der Waals surface area contributed by atoms with Crippen molar-refractivity contribution in [2.75, 3.05) is 7.11 Å². The van der Waals surface area contributed by atoms with Gasteiger partial charge in [-0.2, -0.15) is 0 Å². The number of aromatic nitrogens is 1. The third kappa shape index (κ3) is 2.43. The SMILES string of the molecule is COc1ccc(-c2noc(C(C)O)c2C(=O)O)cc1. The molecule has 19 heavy (non-hydrogen) atoms. The fourth-order valence-electron chi connectivity index (χ4n) is 1.74. The molecule has 1 aromatic heterocycles. The van der Waals surface area contributed by atoms with Crippen LogP contribution in [0, 0.1) is 0 Å². The summed E-state index contributed by atoms with van der Waals surface area (Å²) in [6.45, 7) is 1.42. The number of carboxylic acid groups (broad SMARTS) is 1. The number of rotatable bonds is 4. The van der Waals surface area contributed by atoms with Gasteiger partial charge in [0.15, 0.2) is 5.76 Å². The molecule has 0 spiro atoms. The minimum absolute atomic E-state index is 0.0571. The Balaban J connectivity index is 2.52. The van der Waals surface area contributed by atoms with Gasteiger partial charge in [0.1, 0.15) is 23.1 Å². The average Bonchev–Trinajstić information content (AvgIpc) is 2.83. The zero-order valence-electron chi connectivity index (χ0n) is 10.5. The first-order valence-corrected chi connectivity index (χ1v) is 5.60. The van der Waals surface area contributed by atoms with E-state index in [0.29, 0.717) is 11.3 Å². The van der Waals surface area contributed by atoms with Gasteiger partial charge in [-0.05, 0) is 31.2 Å². The van der Waals surface area contributed by atoms with E-state index in [9.17, 15) is 15.0 Å². The van der Waals surface area contributed by atoms with Crippen LogP contribution in [0.5, 0.6) is 5.75 Å². The lowest BCUT2D eigenvalue weighted by Crippen LogP contribution is -2.03. The summed E-state index contributed by atoms with van der Waals surface area (Å²) in [5, 5.41) is 22.4. The molecule has 1 aromatic carbocycles. The molecule has 0 saturated heterocycles. The van der Waals surface area contributed by atoms with E-state index in [1.165, 1.54) is 6.92 Å². The number of aliphatic hydroxyl groups is 1. The molecular formula is C13H13NO5. The quantitative estimate of drug-likeness (QED) is 0.877. The molecule has 1 heterocycles. The van der Waals surface area contributed by atoms with Gasteiger partial charge in [0, 0.05) is 5.56 Å². The molecule has 6 nitrogen and oxygen atoms in total. The molecule has 100 valence electrons. The molecular weight excluding hydrogens is 250 g/mol. The molecule has 0 amide bonds. The molecule has 0 radical (unpaired) electrons. The van der Waals surface area contributed by atoms with Gasteiger partial charge in [0.05, 0.1) is 7.11 Å². The van der Waals surface area contributed by atoms with Gasteiger partial charge in [-0.25, -0.2) is 4.79 Å². The second kappa shape index (κ2) is 5.11. The standard InChI is InChI=1S/C13H13NO5/c1-7(15)12-10(13(16)17)11(14-19-12)8-3-5-9(18-2)6-4-8/h3-7,15H,1-2H3,(H,16,17). The highest BCUT2D eigenvalue weighted by Crippen LogP contribution is 2.30. The van der Waals surface area contributed by atoms with Crippen molar-refractivity contribution in [3.63, 3.8) is 0 Å². The predicted molar refractivity (Wildman–Crippen MR) is 66.1 cm³/mol. The Morgan fingerprint density at radius 1 is 1.37 bits per heavy atom. The van der Waals surface area contributed by atoms with Gasteiger partial charge in [-0.15, -0.1) is 0 Å². The Kier molecular flexibility index (Phi) is 3.52. The van der Waals surface area contributed by atoms with Gasteiger partial charge in [-0.1, -0.05) is 5.16 Å². The monoisotopic (exact) mass is 263 g/mol. The number of carbonyl (C=O) groups is 1. The minimum Gasteiger partial charge on any atom is -0.497 e. The fraction of sp³-hybridized carbons (Fsp3) is 0.231. The zero-order valence-corrected chi connectivity index (χ0v) is 10.5. The van der Waals surface area contributed by atoms with Crippen LogP contribution in [0.1, 0.15) is 29.1 Å². The molecule has 2 aromatic rings. The van der Waals surface area contributed by atoms with Crippen LogP contribution in [0.4, 0.5) is 0 Å². The van der Waals surface area contributed by atoms with Gasteiger partial charge >= 0.3 is 5.97 Å². The van der Waals surface area contributed by atoms with Crippen molar-refractivity contribution in [1.82, 2.24) is 5.16 Å². The van der Waals surface area contributed by atoms with Crippen molar-refractivity contribution in [2.45, 2.75) is 13.0 Å². The first-order chi connectivity index (χ1) is 9.04. The molecule has 6 heteroatoms. The van der Waals surface area contributed by atoms with Crippen LogP contribution in [-0.4, -0.2) is 28.4 Å². The number of carboxylic acids is 1. The Hall–Kier alpha value is -2.34. The highest BCUT2D eigenvalue weighted by atomic mass is 16.5. The van der Waals surface area contributed by atoms with Crippen molar-refractivity contribution in [3.05, 3.63) is 35.6 Å². The largest absolute Gasteiger partial charge is 0.497 e. The third-order valence-corrected chi connectivity index (χ3v) is 2.68. The van der Waals surface area contributed by atoms with Crippen molar-refractivity contribution in [3.8, 4) is 17.0 Å². The first kappa shape index (κ1) is 13.1. The molecule has 2 N–H and O–H groups in total. The summed E-state index contributed by atoms with van der Waals surface area (Å²) in [4.78, 5) is 11.3. The van der Waals surface area contributed by atoms with Crippen molar-refractivity contribution in [2.24, 2.45) is 0 Å². The normalized spacial score (nSPS) is 12.2. The Labute approximate surface area is 109 Å². The number of hydrogen-bond acceptors (Lipinski definition) is 5. The summed E-state index contributed by atoms with van der Waals surface area (Å²) >= 11 is 0. The molecule has 0 fully saturated rings. The lowest BCUT2D eigenvalue weighted by atomic mass is 10.0. The third-order valence-electron chi connectivity index (χ3n) is 2.68. The first-order valence-electron chi connectivity index (χ1n) is 5.60. The number of ether oxygens (including phenoxy) is 1. The van der Waals surface area contributed by atoms with E-state index in [2.05, 4.69) is 5.16 Å². The van der Waals surface area contributed by atoms with E-state index in [1.54, 1.807) is 31.4 Å². The number of hydrogen-bond donors (Lipinski definition) is 2. The molecule has 0 aliphatic heterocycles. The maximum Gasteiger partial charge on any atom is 0.341 e. The van der Waals surface area contributed by atoms with E-state index in [-0.39, 0.29) is 17.0 Å². The summed E-state index contributed by atoms with van der Waals surface area (Å²) in [7, 11) is 1.54. The van der Waals surface area contributed by atoms with Crippen LogP contribution >= 0.6 is 0 Å². The summed E-state index contributed by atoms with van der Waals surface area (Å²) in [5.41, 5.74) is 0.639. The molecule has 0 aliphatic carbocycles. The zero-order chi connectivity index (χ0) is 14.0. The van der Waals surface area contributed by atoms with Gasteiger partial charge in [-0.3, -0.25) is 0 Å². The summed E-state index contributed by atoms with van der Waals surface area (Å²) < 4.78 is 9.94. The van der Waals surface area contributed by atoms with Gasteiger partial charge in [0.25, 0.3) is 0 Å². The molecule has 0 saturated carbocycles. The Bertz CT molecular complexity index is 586. The number of aromatic carboxylic acids is 1. The highest BCUT2D eigenvalue weighted by Gasteiger charge is 2.26. The Morgan fingerprint density at radius 3 is 2.47 bits per heavy atom. The number of methoxy groups -OCH3 is 1. The van der Waals surface area contributed by atoms with Crippen LogP contribution in [0.25, 0.3) is 11.3 Å². The van der Waals surface area contributed by atoms with Gasteiger partial charge < -0.3 is 19.5 Å². The van der Waals surface area contributed by atoms with Crippen LogP contribution in [-0.2, 0) is 0 Å². The van der Waals surface area contributed by atoms with Crippen LogP contribution in [0.2, 0.25) is 0 Å². The lowest BCUT2D eigenvalue weighted by molar-refractivity contribution is 0.0685. The number of nitrogens with zero attached hydrogens (tertiary/aromatic N) is 1. The average molecular weight is 263 g/mol. The second-order valence-electron chi connectivity index (χ2n) is 3.98. The van der Waals surface area contributed by atoms with E-state index in [1.807, 2.05) is 0 Å². The lowest BCUT2D eigenvalue weighted by Gasteiger charge is -2.03. The number of aliphatic hydroxyl groups excluding tert-OH is 1. The van der Waals surface area contributed by atoms with Gasteiger partial charge in [0.2, 0.25) is 0 Å². The topological polar surface area (TPSA) is 92.8 Å². The van der Waals surface area contributed by atoms with E-state index < -0.39 is 12.1 Å². The minimum atomic E-state index is -1.19. The molecule has 0 bridgehead atoms. The van der Waals surface area contributed by atoms with E-state index in [4.69, 9.17) is 9.26 Å². The van der Waals surface area contributed by atoms with E-state index in [0.717, 1.165) is 0 Å². The fourth-order valence-corrected chi connectivity index (χ4v) is 1.74. The Morgan fingerprint density at radius 2 is 2.00 bits per heavy atom. The van der Waals surface area contributed by atoms with Crippen LogP contribution in [0.15, 0.2) is 28.8 Å². The summed E-state index contributed by atoms with van der Waals surface area (Å²) in [6, 6.07) is 6.74. The van der Waals surface area contributed by atoms with Crippen LogP contribution in [0.3, 0.4) is 0 Å². The smallest absolute Gasteiger partial charge is 0.341 e.